The van der Waals surface area contributed by atoms with Crippen molar-refractivity contribution in [3.8, 4) is 0 Å². The summed E-state index contributed by atoms with van der Waals surface area (Å²) >= 11 is 1.09. The van der Waals surface area contributed by atoms with Crippen molar-refractivity contribution in [2.75, 3.05) is 0 Å². The van der Waals surface area contributed by atoms with Gasteiger partial charge in [-0.15, -0.1) is 0 Å². The molecule has 8 nitrogen and oxygen atoms in total. The van der Waals surface area contributed by atoms with E-state index in [9.17, 15) is 19.5 Å². The van der Waals surface area contributed by atoms with Gasteiger partial charge in [0.2, 0.25) is 0 Å². The van der Waals surface area contributed by atoms with Crippen molar-refractivity contribution in [2.45, 2.75) is 10.1 Å². The molecule has 0 radical (unpaired) electrons. The molecule has 0 fully saturated rings. The lowest BCUT2D eigenvalue weighted by molar-refractivity contribution is 0.0693. The summed E-state index contributed by atoms with van der Waals surface area (Å²) in [5.74, 6) is -1.05. The first-order chi connectivity index (χ1) is 10.9. The minimum Gasteiger partial charge on any atom is -0.478 e. The first kappa shape index (κ1) is 15.1. The number of nitrogens with one attached hydrogen (secondary N) is 1. The molecule has 0 aliphatic carbocycles. The lowest BCUT2D eigenvalue weighted by Crippen LogP contribution is -2.36. The Morgan fingerprint density at radius 1 is 1.22 bits per heavy atom. The number of carboxylic acid groups (broad SMARTS) is 1. The topological polar surface area (TPSA) is 110 Å². The summed E-state index contributed by atoms with van der Waals surface area (Å²) in [6.45, 7) is 0. The quantitative estimate of drug-likeness (QED) is 0.734. The number of rotatable bonds is 3. The predicted octanol–water partition coefficient (Wildman–Crippen LogP) is 0.810. The number of carbonyl (C=O) groups is 1. The van der Waals surface area contributed by atoms with Gasteiger partial charge in [0.05, 0.1) is 5.56 Å². The van der Waals surface area contributed by atoms with E-state index in [1.807, 2.05) is 0 Å². The molecule has 9 heteroatoms. The van der Waals surface area contributed by atoms with E-state index in [1.165, 1.54) is 24.7 Å². The second kappa shape index (κ2) is 5.43. The van der Waals surface area contributed by atoms with Crippen molar-refractivity contribution in [3.05, 3.63) is 50.7 Å². The van der Waals surface area contributed by atoms with Gasteiger partial charge in [0.1, 0.15) is 0 Å². The highest BCUT2D eigenvalue weighted by Crippen LogP contribution is 2.29. The number of H-pyrrole nitrogens is 1. The number of benzene rings is 1. The molecule has 0 atom stereocenters. The maximum absolute atomic E-state index is 12.1. The lowest BCUT2D eigenvalue weighted by Gasteiger charge is -2.02. The van der Waals surface area contributed by atoms with E-state index in [0.29, 0.717) is 10.1 Å². The first-order valence-electron chi connectivity index (χ1n) is 6.56. The molecule has 0 amide bonds. The van der Waals surface area contributed by atoms with Crippen molar-refractivity contribution in [1.82, 2.24) is 19.1 Å². The largest absolute Gasteiger partial charge is 0.478 e. The van der Waals surface area contributed by atoms with Gasteiger partial charge in [0.25, 0.3) is 5.56 Å². The molecule has 0 bridgehead atoms. The molecule has 0 spiro atoms. The summed E-state index contributed by atoms with van der Waals surface area (Å²) in [7, 11) is 2.90. The molecular formula is C14H12N4O4S. The molecule has 3 rings (SSSR count). The molecule has 2 N–H and O–H groups in total. The Kier molecular flexibility index (Phi) is 3.57. The number of hydrogen-bond donors (Lipinski definition) is 2. The summed E-state index contributed by atoms with van der Waals surface area (Å²) < 4.78 is 2.25. The summed E-state index contributed by atoms with van der Waals surface area (Å²) in [5.41, 5.74) is -0.386. The van der Waals surface area contributed by atoms with Crippen LogP contribution in [-0.4, -0.2) is 30.2 Å². The van der Waals surface area contributed by atoms with Gasteiger partial charge in [0, 0.05) is 19.0 Å². The summed E-state index contributed by atoms with van der Waals surface area (Å²) in [6, 6.07) is 6.48. The third kappa shape index (κ3) is 2.44. The van der Waals surface area contributed by atoms with E-state index in [1.54, 1.807) is 18.2 Å². The Morgan fingerprint density at radius 3 is 2.61 bits per heavy atom. The molecule has 2 heterocycles. The second-order valence-corrected chi connectivity index (χ2v) is 5.88. The highest BCUT2D eigenvalue weighted by molar-refractivity contribution is 7.99. The Bertz CT molecular complexity index is 1050. The Morgan fingerprint density at radius 2 is 1.91 bits per heavy atom. The standard InChI is InChI=1S/C14H12N4O4S/c1-17-10-9(11(19)18(2)14(17)22)15-13(16-10)23-8-6-4-3-5-7(8)12(20)21/h3-6H,1-2H3,(H,15,16)(H,20,21). The molecule has 0 saturated heterocycles. The maximum atomic E-state index is 12.1. The summed E-state index contributed by atoms with van der Waals surface area (Å²) in [6.07, 6.45) is 0. The molecule has 0 aliphatic rings. The van der Waals surface area contributed by atoms with E-state index in [4.69, 9.17) is 0 Å². The molecule has 0 saturated carbocycles. The van der Waals surface area contributed by atoms with Crippen LogP contribution in [0.4, 0.5) is 0 Å². The molecule has 2 aromatic heterocycles. The van der Waals surface area contributed by atoms with Gasteiger partial charge in [-0.3, -0.25) is 13.9 Å². The highest BCUT2D eigenvalue weighted by Gasteiger charge is 2.16. The minimum absolute atomic E-state index is 0.139. The van der Waals surface area contributed by atoms with Crippen molar-refractivity contribution in [3.63, 3.8) is 0 Å². The number of nitrogens with zero attached hydrogens (tertiary/aromatic N) is 3. The van der Waals surface area contributed by atoms with Crippen molar-refractivity contribution in [1.29, 1.82) is 0 Å². The van der Waals surface area contributed by atoms with Crippen LogP contribution >= 0.6 is 11.8 Å². The molecule has 0 aliphatic heterocycles. The van der Waals surface area contributed by atoms with E-state index < -0.39 is 17.2 Å². The zero-order valence-corrected chi connectivity index (χ0v) is 13.0. The van der Waals surface area contributed by atoms with Gasteiger partial charge < -0.3 is 10.1 Å². The first-order valence-corrected chi connectivity index (χ1v) is 7.37. The van der Waals surface area contributed by atoms with Gasteiger partial charge in [-0.05, 0) is 12.1 Å². The van der Waals surface area contributed by atoms with Gasteiger partial charge in [-0.2, -0.15) is 0 Å². The molecule has 23 heavy (non-hydrogen) atoms. The summed E-state index contributed by atoms with van der Waals surface area (Å²) in [4.78, 5) is 42.8. The average molecular weight is 332 g/mol. The number of aromatic carboxylic acids is 1. The highest BCUT2D eigenvalue weighted by atomic mass is 32.2. The maximum Gasteiger partial charge on any atom is 0.336 e. The number of aromatic nitrogens is 4. The summed E-state index contributed by atoms with van der Waals surface area (Å²) in [5, 5.41) is 9.54. The fraction of sp³-hybridized carbons (Fsp3) is 0.143. The van der Waals surface area contributed by atoms with Gasteiger partial charge >= 0.3 is 11.7 Å². The van der Waals surface area contributed by atoms with E-state index in [2.05, 4.69) is 9.97 Å². The molecule has 0 unspecified atom stereocenters. The van der Waals surface area contributed by atoms with Gasteiger partial charge in [-0.1, -0.05) is 23.9 Å². The van der Waals surface area contributed by atoms with Crippen molar-refractivity contribution >= 4 is 28.9 Å². The molecular weight excluding hydrogens is 320 g/mol. The van der Waals surface area contributed by atoms with Crippen LogP contribution in [-0.2, 0) is 14.1 Å². The van der Waals surface area contributed by atoms with Crippen LogP contribution in [0.1, 0.15) is 10.4 Å². The third-order valence-electron chi connectivity index (χ3n) is 3.40. The van der Waals surface area contributed by atoms with E-state index in [0.717, 1.165) is 16.3 Å². The van der Waals surface area contributed by atoms with Crippen LogP contribution in [0, 0.1) is 0 Å². The molecule has 118 valence electrons. The number of imidazole rings is 1. The van der Waals surface area contributed by atoms with E-state index in [-0.39, 0.29) is 16.7 Å². The van der Waals surface area contributed by atoms with Crippen molar-refractivity contribution < 1.29 is 9.90 Å². The Hall–Kier alpha value is -2.81. The van der Waals surface area contributed by atoms with Crippen LogP contribution in [0.25, 0.3) is 11.2 Å². The van der Waals surface area contributed by atoms with Crippen LogP contribution < -0.4 is 11.2 Å². The smallest absolute Gasteiger partial charge is 0.336 e. The normalized spacial score (nSPS) is 11.0. The molecule has 1 aromatic carbocycles. The third-order valence-corrected chi connectivity index (χ3v) is 4.36. The second-order valence-electron chi connectivity index (χ2n) is 4.85. The average Bonchev–Trinajstić information content (AvgIpc) is 2.95. The minimum atomic E-state index is -1.05. The Balaban J connectivity index is 2.15. The van der Waals surface area contributed by atoms with E-state index >= 15 is 0 Å². The van der Waals surface area contributed by atoms with Gasteiger partial charge in [0.15, 0.2) is 16.3 Å². The predicted molar refractivity (Wildman–Crippen MR) is 84.1 cm³/mol. The number of aryl methyl sites for hydroxylation is 1. The van der Waals surface area contributed by atoms with Crippen LogP contribution in [0.15, 0.2) is 43.9 Å². The SMILES string of the molecule is Cn1c(=O)c2[nH]c(Sc3ccccc3C(=O)O)nc2n(C)c1=O. The lowest BCUT2D eigenvalue weighted by atomic mass is 10.2. The fourth-order valence-corrected chi connectivity index (χ4v) is 3.10. The zero-order chi connectivity index (χ0) is 16.7. The van der Waals surface area contributed by atoms with Crippen LogP contribution in [0.3, 0.4) is 0 Å². The van der Waals surface area contributed by atoms with Crippen molar-refractivity contribution in [2.24, 2.45) is 14.1 Å². The fourth-order valence-electron chi connectivity index (χ4n) is 2.19. The van der Waals surface area contributed by atoms with Crippen LogP contribution in [0.2, 0.25) is 0 Å². The number of carboxylic acids is 1. The Labute approximate surface area is 133 Å². The monoisotopic (exact) mass is 332 g/mol. The number of aromatic amines is 1. The van der Waals surface area contributed by atoms with Gasteiger partial charge in [-0.25, -0.2) is 14.6 Å². The zero-order valence-electron chi connectivity index (χ0n) is 12.2. The molecule has 3 aromatic rings. The van der Waals surface area contributed by atoms with Crippen LogP contribution in [0.5, 0.6) is 0 Å². The number of hydrogen-bond acceptors (Lipinski definition) is 5. The number of fused-ring (bicyclic) bond motifs is 1.